The fourth-order valence-corrected chi connectivity index (χ4v) is 5.69. The summed E-state index contributed by atoms with van der Waals surface area (Å²) in [6.45, 7) is 0. The number of carbonyl (C=O) groups excluding carboxylic acids is 1. The van der Waals surface area contributed by atoms with Gasteiger partial charge < -0.3 is 20.8 Å². The molecule has 10 heteroatoms. The SMILES string of the molecule is CN(C)S(=O)(=O)c1c(Cl)ccc(NC2=C(NC3CCCCc4ccccc43)C(O)C2=O)c1O. The van der Waals surface area contributed by atoms with E-state index >= 15 is 0 Å². The van der Waals surface area contributed by atoms with Crippen LogP contribution in [-0.2, 0) is 21.2 Å². The first kappa shape index (κ1) is 23.6. The van der Waals surface area contributed by atoms with Crippen molar-refractivity contribution in [1.29, 1.82) is 0 Å². The van der Waals surface area contributed by atoms with Gasteiger partial charge in [-0.25, -0.2) is 12.7 Å². The Hall–Kier alpha value is -2.59. The summed E-state index contributed by atoms with van der Waals surface area (Å²) in [5, 5.41) is 27.0. The number of benzene rings is 2. The Labute approximate surface area is 197 Å². The number of halogens is 1. The Kier molecular flexibility index (Phi) is 6.41. The van der Waals surface area contributed by atoms with E-state index in [1.807, 2.05) is 18.2 Å². The van der Waals surface area contributed by atoms with Crippen molar-refractivity contribution >= 4 is 33.1 Å². The number of aryl methyl sites for hydroxylation is 1. The Morgan fingerprint density at radius 3 is 2.58 bits per heavy atom. The van der Waals surface area contributed by atoms with Gasteiger partial charge in [0.05, 0.1) is 22.4 Å². The maximum Gasteiger partial charge on any atom is 0.247 e. The summed E-state index contributed by atoms with van der Waals surface area (Å²) < 4.78 is 26.2. The molecule has 0 fully saturated rings. The van der Waals surface area contributed by atoms with Crippen molar-refractivity contribution in [3.63, 3.8) is 0 Å². The van der Waals surface area contributed by atoms with E-state index in [4.69, 9.17) is 11.6 Å². The summed E-state index contributed by atoms with van der Waals surface area (Å²) in [4.78, 5) is 12.0. The lowest BCUT2D eigenvalue weighted by Gasteiger charge is -2.33. The van der Waals surface area contributed by atoms with Crippen molar-refractivity contribution in [2.75, 3.05) is 19.4 Å². The van der Waals surface area contributed by atoms with Crippen molar-refractivity contribution < 1.29 is 23.4 Å². The smallest absolute Gasteiger partial charge is 0.247 e. The maximum atomic E-state index is 12.6. The number of rotatable bonds is 6. The van der Waals surface area contributed by atoms with E-state index in [-0.39, 0.29) is 22.4 Å². The van der Waals surface area contributed by atoms with Crippen LogP contribution in [0.1, 0.15) is 36.4 Å². The van der Waals surface area contributed by atoms with E-state index < -0.39 is 32.6 Å². The van der Waals surface area contributed by atoms with Gasteiger partial charge in [0.2, 0.25) is 15.8 Å². The largest absolute Gasteiger partial charge is 0.504 e. The summed E-state index contributed by atoms with van der Waals surface area (Å²) in [5.41, 5.74) is 2.75. The third-order valence-electron chi connectivity index (χ3n) is 6.07. The molecule has 2 unspecified atom stereocenters. The van der Waals surface area contributed by atoms with Crippen LogP contribution < -0.4 is 10.6 Å². The first-order valence-corrected chi connectivity index (χ1v) is 12.5. The zero-order valence-electron chi connectivity index (χ0n) is 18.3. The number of aliphatic hydroxyl groups excluding tert-OH is 1. The van der Waals surface area contributed by atoms with E-state index in [1.165, 1.54) is 31.8 Å². The summed E-state index contributed by atoms with van der Waals surface area (Å²) >= 11 is 6.06. The molecule has 0 aliphatic heterocycles. The Morgan fingerprint density at radius 1 is 1.12 bits per heavy atom. The Balaban J connectivity index is 1.68. The summed E-state index contributed by atoms with van der Waals surface area (Å²) in [6.07, 6.45) is 2.55. The molecule has 2 aromatic carbocycles. The number of sulfonamides is 1. The van der Waals surface area contributed by atoms with Crippen LogP contribution in [0.3, 0.4) is 0 Å². The molecule has 0 heterocycles. The minimum atomic E-state index is -4.04. The first-order chi connectivity index (χ1) is 15.6. The van der Waals surface area contributed by atoms with Crippen LogP contribution >= 0.6 is 11.6 Å². The van der Waals surface area contributed by atoms with Crippen LogP contribution in [-0.4, -0.2) is 48.9 Å². The predicted octanol–water partition coefficient (Wildman–Crippen LogP) is 2.92. The fraction of sp³-hybridized carbons (Fsp3) is 0.348. The molecule has 0 saturated heterocycles. The number of ketones is 1. The first-order valence-electron chi connectivity index (χ1n) is 10.6. The van der Waals surface area contributed by atoms with Gasteiger partial charge in [-0.3, -0.25) is 4.79 Å². The standard InChI is InChI=1S/C23H26ClN3O5S/c1-27(2)33(31,32)23-15(24)11-12-17(20(23)28)26-19-18(21(29)22(19)30)25-16-10-6-4-8-13-7-3-5-9-14(13)16/h3,5,7,9,11-12,16,21,25-26,28-29H,4,6,8,10H2,1-2H3. The molecule has 176 valence electrons. The summed E-state index contributed by atoms with van der Waals surface area (Å²) in [5.74, 6) is -1.15. The van der Waals surface area contributed by atoms with Crippen LogP contribution in [0.5, 0.6) is 5.75 Å². The lowest BCUT2D eigenvalue weighted by Crippen LogP contribution is -2.46. The molecular formula is C23H26ClN3O5S. The van der Waals surface area contributed by atoms with Gasteiger partial charge in [0, 0.05) is 14.1 Å². The molecule has 8 nitrogen and oxygen atoms in total. The van der Waals surface area contributed by atoms with Crippen LogP contribution in [0.15, 0.2) is 52.7 Å². The molecule has 0 radical (unpaired) electrons. The number of phenols is 1. The number of nitrogens with one attached hydrogen (secondary N) is 2. The van der Waals surface area contributed by atoms with Gasteiger partial charge in [-0.15, -0.1) is 0 Å². The zero-order valence-corrected chi connectivity index (χ0v) is 19.9. The lowest BCUT2D eigenvalue weighted by molar-refractivity contribution is -0.124. The molecule has 0 aromatic heterocycles. The number of fused-ring (bicyclic) bond motifs is 1. The molecule has 2 aliphatic carbocycles. The van der Waals surface area contributed by atoms with Gasteiger partial charge in [0.15, 0.2) is 11.9 Å². The van der Waals surface area contributed by atoms with Crippen molar-refractivity contribution in [3.05, 3.63) is 63.9 Å². The third kappa shape index (κ3) is 4.21. The summed E-state index contributed by atoms with van der Waals surface area (Å²) in [6, 6.07) is 10.7. The lowest BCUT2D eigenvalue weighted by atomic mass is 9.91. The van der Waals surface area contributed by atoms with Crippen LogP contribution in [0.2, 0.25) is 5.02 Å². The number of Topliss-reactive ketones (excluding diaryl/α,β-unsaturated/α-hetero) is 1. The summed E-state index contributed by atoms with van der Waals surface area (Å²) in [7, 11) is -1.39. The molecule has 0 amide bonds. The molecule has 0 saturated carbocycles. The highest BCUT2D eigenvalue weighted by Crippen LogP contribution is 2.40. The number of hydrogen-bond acceptors (Lipinski definition) is 7. The molecular weight excluding hydrogens is 466 g/mol. The number of aliphatic hydroxyl groups is 1. The molecule has 2 aromatic rings. The van der Waals surface area contributed by atoms with E-state index in [1.54, 1.807) is 0 Å². The number of aromatic hydroxyl groups is 1. The van der Waals surface area contributed by atoms with Crippen LogP contribution in [0.25, 0.3) is 0 Å². The normalized spacial score (nSPS) is 20.8. The molecule has 0 spiro atoms. The van der Waals surface area contributed by atoms with E-state index in [2.05, 4.69) is 16.7 Å². The Morgan fingerprint density at radius 2 is 1.85 bits per heavy atom. The van der Waals surface area contributed by atoms with Gasteiger partial charge in [0.1, 0.15) is 10.6 Å². The van der Waals surface area contributed by atoms with Crippen molar-refractivity contribution in [2.24, 2.45) is 0 Å². The number of phenolic OH excluding ortho intramolecular Hbond substituents is 1. The highest BCUT2D eigenvalue weighted by atomic mass is 35.5. The zero-order chi connectivity index (χ0) is 23.9. The minimum absolute atomic E-state index is 0.00404. The van der Waals surface area contributed by atoms with Gasteiger partial charge in [-0.1, -0.05) is 42.3 Å². The third-order valence-corrected chi connectivity index (χ3v) is 8.39. The second-order valence-electron chi connectivity index (χ2n) is 8.38. The maximum absolute atomic E-state index is 12.6. The average Bonchev–Trinajstić information content (AvgIpc) is 2.99. The molecule has 4 N–H and O–H groups in total. The predicted molar refractivity (Wildman–Crippen MR) is 126 cm³/mol. The Bertz CT molecular complexity index is 1240. The van der Waals surface area contributed by atoms with Gasteiger partial charge in [-0.2, -0.15) is 0 Å². The molecule has 0 bridgehead atoms. The highest BCUT2D eigenvalue weighted by Gasteiger charge is 2.40. The molecule has 2 atom stereocenters. The van der Waals surface area contributed by atoms with Crippen LogP contribution in [0, 0.1) is 0 Å². The van der Waals surface area contributed by atoms with Gasteiger partial charge in [0.25, 0.3) is 0 Å². The van der Waals surface area contributed by atoms with E-state index in [0.717, 1.165) is 35.6 Å². The fourth-order valence-electron chi connectivity index (χ4n) is 4.21. The quantitative estimate of drug-likeness (QED) is 0.362. The van der Waals surface area contributed by atoms with Gasteiger partial charge in [-0.05, 0) is 42.5 Å². The van der Waals surface area contributed by atoms with E-state index in [0.29, 0.717) is 5.70 Å². The second kappa shape index (κ2) is 8.98. The molecule has 33 heavy (non-hydrogen) atoms. The monoisotopic (exact) mass is 491 g/mol. The number of hydrogen-bond donors (Lipinski definition) is 4. The van der Waals surface area contributed by atoms with Crippen LogP contribution in [0.4, 0.5) is 5.69 Å². The average molecular weight is 492 g/mol. The second-order valence-corrected chi connectivity index (χ2v) is 10.9. The number of nitrogens with zero attached hydrogens (tertiary/aromatic N) is 1. The van der Waals surface area contributed by atoms with Crippen molar-refractivity contribution in [1.82, 2.24) is 9.62 Å². The highest BCUT2D eigenvalue weighted by molar-refractivity contribution is 7.89. The molecule has 2 aliphatic rings. The number of anilines is 1. The number of carbonyl (C=O) groups is 1. The molecule has 4 rings (SSSR count). The van der Waals surface area contributed by atoms with Gasteiger partial charge >= 0.3 is 0 Å². The van der Waals surface area contributed by atoms with Crippen molar-refractivity contribution in [3.8, 4) is 5.75 Å². The topological polar surface area (TPSA) is 119 Å². The minimum Gasteiger partial charge on any atom is -0.504 e. The van der Waals surface area contributed by atoms with Crippen molar-refractivity contribution in [2.45, 2.75) is 42.7 Å². The van der Waals surface area contributed by atoms with E-state index in [9.17, 15) is 23.4 Å².